The number of hydrogen-bond acceptors (Lipinski definition) is 5. The Labute approximate surface area is 85.2 Å². The Morgan fingerprint density at radius 1 is 1.33 bits per heavy atom. The topological polar surface area (TPSA) is 81.8 Å². The largest absolute Gasteiger partial charge is 0.486 e. The predicted octanol–water partition coefficient (Wildman–Crippen LogP) is 0.858. The van der Waals surface area contributed by atoms with E-state index in [9.17, 15) is 10.1 Å². The summed E-state index contributed by atoms with van der Waals surface area (Å²) in [7, 11) is 0. The summed E-state index contributed by atoms with van der Waals surface area (Å²) in [6.45, 7) is 0.394. The Morgan fingerprint density at radius 3 is 2.47 bits per heavy atom. The minimum absolute atomic E-state index is 0.151. The number of nitrogens with zero attached hydrogens (tertiary/aromatic N) is 1. The number of hydrogen-bond donors (Lipinski definition) is 1. The highest BCUT2D eigenvalue weighted by Gasteiger charge is 2.21. The molecule has 0 aromatic heterocycles. The molecule has 0 saturated heterocycles. The van der Waals surface area contributed by atoms with E-state index in [1.54, 1.807) is 0 Å². The number of aliphatic hydroxyl groups excluding tert-OH is 1. The maximum absolute atomic E-state index is 10.7. The lowest BCUT2D eigenvalue weighted by molar-refractivity contribution is -0.386. The van der Waals surface area contributed by atoms with E-state index < -0.39 is 11.5 Å². The fourth-order valence-corrected chi connectivity index (χ4v) is 1.42. The quantitative estimate of drug-likeness (QED) is 0.579. The van der Waals surface area contributed by atoms with E-state index in [-0.39, 0.29) is 11.3 Å². The average Bonchev–Trinajstić information content (AvgIpc) is 2.27. The molecule has 0 spiro atoms. The van der Waals surface area contributed by atoms with Gasteiger partial charge in [-0.05, 0) is 6.07 Å². The molecule has 0 aliphatic carbocycles. The molecular weight excluding hydrogens is 202 g/mol. The summed E-state index contributed by atoms with van der Waals surface area (Å²) in [6.07, 6.45) is 0. The van der Waals surface area contributed by atoms with Crippen molar-refractivity contribution in [2.75, 3.05) is 13.2 Å². The van der Waals surface area contributed by atoms with Crippen molar-refractivity contribution in [1.29, 1.82) is 0 Å². The van der Waals surface area contributed by atoms with E-state index in [1.165, 1.54) is 12.1 Å². The van der Waals surface area contributed by atoms with Crippen LogP contribution in [0.5, 0.6) is 11.5 Å². The fraction of sp³-hybridized carbons (Fsp3) is 0.333. The van der Waals surface area contributed by atoms with Crippen LogP contribution in [0, 0.1) is 10.1 Å². The number of benzene rings is 1. The van der Waals surface area contributed by atoms with Gasteiger partial charge in [0.25, 0.3) is 5.69 Å². The number of aliphatic hydroxyl groups is 1. The van der Waals surface area contributed by atoms with Gasteiger partial charge in [-0.15, -0.1) is 0 Å². The number of rotatable bonds is 2. The van der Waals surface area contributed by atoms with Gasteiger partial charge in [-0.25, -0.2) is 0 Å². The van der Waals surface area contributed by atoms with Gasteiger partial charge in [-0.2, -0.15) is 0 Å². The summed E-state index contributed by atoms with van der Waals surface area (Å²) in [6, 6.07) is 2.71. The molecule has 1 N–H and O–H groups in total. The van der Waals surface area contributed by atoms with Gasteiger partial charge in [0.1, 0.15) is 13.2 Å². The highest BCUT2D eigenvalue weighted by molar-refractivity contribution is 5.54. The minimum atomic E-state index is -0.552. The molecule has 0 saturated carbocycles. The third-order valence-corrected chi connectivity index (χ3v) is 2.11. The van der Waals surface area contributed by atoms with Gasteiger partial charge in [0.15, 0.2) is 11.5 Å². The summed E-state index contributed by atoms with van der Waals surface area (Å²) < 4.78 is 10.4. The fourth-order valence-electron chi connectivity index (χ4n) is 1.42. The standard InChI is InChI=1S/C9H9NO5/c11-5-6-3-8-9(15-2-1-14-8)4-7(6)10(12)13/h3-4,11H,1-2,5H2. The monoisotopic (exact) mass is 211 g/mol. The first-order valence-electron chi connectivity index (χ1n) is 4.40. The Hall–Kier alpha value is -1.82. The van der Waals surface area contributed by atoms with Crippen molar-refractivity contribution in [3.8, 4) is 11.5 Å². The van der Waals surface area contributed by atoms with Crippen LogP contribution in [0.3, 0.4) is 0 Å². The molecule has 1 aliphatic rings. The van der Waals surface area contributed by atoms with Crippen molar-refractivity contribution in [3.05, 3.63) is 27.8 Å². The van der Waals surface area contributed by atoms with Gasteiger partial charge >= 0.3 is 0 Å². The molecule has 1 aromatic carbocycles. The van der Waals surface area contributed by atoms with Crippen molar-refractivity contribution in [1.82, 2.24) is 0 Å². The number of fused-ring (bicyclic) bond motifs is 1. The lowest BCUT2D eigenvalue weighted by Gasteiger charge is -2.18. The molecule has 15 heavy (non-hydrogen) atoms. The molecule has 0 fully saturated rings. The van der Waals surface area contributed by atoms with Gasteiger partial charge < -0.3 is 14.6 Å². The molecule has 80 valence electrons. The smallest absolute Gasteiger partial charge is 0.278 e. The first-order valence-corrected chi connectivity index (χ1v) is 4.40. The summed E-state index contributed by atoms with van der Waals surface area (Å²) in [5.41, 5.74) is 0.0750. The van der Waals surface area contributed by atoms with E-state index >= 15 is 0 Å². The Bertz CT molecular complexity index is 404. The van der Waals surface area contributed by atoms with Crippen molar-refractivity contribution in [2.24, 2.45) is 0 Å². The third kappa shape index (κ3) is 1.71. The van der Waals surface area contributed by atoms with Crippen LogP contribution in [0.25, 0.3) is 0 Å². The van der Waals surface area contributed by atoms with Gasteiger partial charge in [0.05, 0.1) is 23.2 Å². The van der Waals surface area contributed by atoms with Gasteiger partial charge in [-0.3, -0.25) is 10.1 Å². The molecule has 0 unspecified atom stereocenters. The van der Waals surface area contributed by atoms with E-state index in [0.29, 0.717) is 24.7 Å². The minimum Gasteiger partial charge on any atom is -0.486 e. The lowest BCUT2D eigenvalue weighted by Crippen LogP contribution is -2.16. The van der Waals surface area contributed by atoms with Crippen LogP contribution >= 0.6 is 0 Å². The molecule has 6 heteroatoms. The average molecular weight is 211 g/mol. The predicted molar refractivity (Wildman–Crippen MR) is 50.0 cm³/mol. The first-order chi connectivity index (χ1) is 7.22. The molecular formula is C9H9NO5. The van der Waals surface area contributed by atoms with E-state index in [4.69, 9.17) is 14.6 Å². The maximum Gasteiger partial charge on any atom is 0.278 e. The molecule has 0 bridgehead atoms. The second-order valence-electron chi connectivity index (χ2n) is 3.04. The highest BCUT2D eigenvalue weighted by Crippen LogP contribution is 2.36. The molecule has 0 radical (unpaired) electrons. The van der Waals surface area contributed by atoms with Crippen LogP contribution in [0.15, 0.2) is 12.1 Å². The van der Waals surface area contributed by atoms with Crippen molar-refractivity contribution < 1.29 is 19.5 Å². The van der Waals surface area contributed by atoms with Gasteiger partial charge in [0, 0.05) is 0 Å². The summed E-state index contributed by atoms with van der Waals surface area (Å²) >= 11 is 0. The maximum atomic E-state index is 10.7. The van der Waals surface area contributed by atoms with Crippen LogP contribution in [0.1, 0.15) is 5.56 Å². The van der Waals surface area contributed by atoms with Gasteiger partial charge in [0.2, 0.25) is 0 Å². The molecule has 2 rings (SSSR count). The Morgan fingerprint density at radius 2 is 1.93 bits per heavy atom. The van der Waals surface area contributed by atoms with Crippen LogP contribution in [-0.4, -0.2) is 23.2 Å². The second kappa shape index (κ2) is 3.74. The van der Waals surface area contributed by atoms with Crippen LogP contribution < -0.4 is 9.47 Å². The normalized spacial score (nSPS) is 13.7. The molecule has 0 amide bonds. The molecule has 6 nitrogen and oxygen atoms in total. The number of ether oxygens (including phenoxy) is 2. The Kier molecular flexibility index (Phi) is 2.42. The number of nitro benzene ring substituents is 1. The van der Waals surface area contributed by atoms with E-state index in [1.807, 2.05) is 0 Å². The zero-order valence-corrected chi connectivity index (χ0v) is 7.80. The molecule has 0 atom stereocenters. The van der Waals surface area contributed by atoms with E-state index in [0.717, 1.165) is 0 Å². The van der Waals surface area contributed by atoms with E-state index in [2.05, 4.69) is 0 Å². The zero-order chi connectivity index (χ0) is 10.8. The summed E-state index contributed by atoms with van der Waals surface area (Å²) in [4.78, 5) is 10.1. The van der Waals surface area contributed by atoms with Crippen molar-refractivity contribution in [3.63, 3.8) is 0 Å². The highest BCUT2D eigenvalue weighted by atomic mass is 16.6. The summed E-state index contributed by atoms with van der Waals surface area (Å²) in [5.74, 6) is 0.793. The molecule has 1 heterocycles. The Balaban J connectivity index is 2.51. The van der Waals surface area contributed by atoms with Crippen LogP contribution in [-0.2, 0) is 6.61 Å². The second-order valence-corrected chi connectivity index (χ2v) is 3.04. The molecule has 1 aliphatic heterocycles. The lowest BCUT2D eigenvalue weighted by atomic mass is 10.1. The van der Waals surface area contributed by atoms with Gasteiger partial charge in [-0.1, -0.05) is 0 Å². The van der Waals surface area contributed by atoms with Crippen LogP contribution in [0.4, 0.5) is 5.69 Å². The number of nitro groups is 1. The summed E-state index contributed by atoms with van der Waals surface area (Å²) in [5, 5.41) is 19.6. The SMILES string of the molecule is O=[N+]([O-])c1cc2c(cc1CO)OCCO2. The van der Waals surface area contributed by atoms with Crippen molar-refractivity contribution >= 4 is 5.69 Å². The zero-order valence-electron chi connectivity index (χ0n) is 7.80. The molecule has 1 aromatic rings. The third-order valence-electron chi connectivity index (χ3n) is 2.11. The van der Waals surface area contributed by atoms with Crippen molar-refractivity contribution in [2.45, 2.75) is 6.61 Å². The van der Waals surface area contributed by atoms with Crippen LogP contribution in [0.2, 0.25) is 0 Å². The first kappa shape index (κ1) is 9.72.